The molecule has 1 fully saturated rings. The van der Waals surface area contributed by atoms with Crippen molar-refractivity contribution in [3.05, 3.63) is 0 Å². The molecule has 14 heavy (non-hydrogen) atoms. The first-order valence-corrected chi connectivity index (χ1v) is 6.46. The van der Waals surface area contributed by atoms with E-state index >= 15 is 0 Å². The van der Waals surface area contributed by atoms with E-state index in [2.05, 4.69) is 32.6 Å². The number of nitrogens with zero attached hydrogens (tertiary/aromatic N) is 1. The minimum atomic E-state index is 0.775. The minimum Gasteiger partial charge on any atom is -0.301 e. The Morgan fingerprint density at radius 3 is 1.43 bits per heavy atom. The maximum Gasteiger partial charge on any atom is 0.00385 e. The van der Waals surface area contributed by atoms with Crippen LogP contribution in [0.4, 0.5) is 0 Å². The van der Waals surface area contributed by atoms with Crippen LogP contribution in [0.2, 0.25) is 0 Å². The van der Waals surface area contributed by atoms with E-state index in [9.17, 15) is 0 Å². The fraction of sp³-hybridized carbons (Fsp3) is 1.00. The highest BCUT2D eigenvalue weighted by molar-refractivity contribution is 4.68. The first kappa shape index (κ1) is 16.4. The first-order valence-electron chi connectivity index (χ1n) is 6.46. The number of hydrogen-bond donors (Lipinski definition) is 0. The molecule has 1 nitrogen and oxygen atoms in total. The summed E-state index contributed by atoms with van der Waals surface area (Å²) in [5.41, 5.74) is 0. The summed E-state index contributed by atoms with van der Waals surface area (Å²) in [4.78, 5) is 2.53. The van der Waals surface area contributed by atoms with E-state index < -0.39 is 0 Å². The molecule has 1 heteroatoms. The summed E-state index contributed by atoms with van der Waals surface area (Å²) < 4.78 is 0. The highest BCUT2D eigenvalue weighted by atomic mass is 15.2. The van der Waals surface area contributed by atoms with Crippen LogP contribution < -0.4 is 0 Å². The Labute approximate surface area is 91.9 Å². The monoisotopic (exact) mass is 201 g/mol. The summed E-state index contributed by atoms with van der Waals surface area (Å²) in [7, 11) is 0. The van der Waals surface area contributed by atoms with Gasteiger partial charge in [0.2, 0.25) is 0 Å². The Morgan fingerprint density at radius 2 is 1.29 bits per heavy atom. The maximum absolute atomic E-state index is 2.53. The Morgan fingerprint density at radius 1 is 0.929 bits per heavy atom. The van der Waals surface area contributed by atoms with Crippen LogP contribution in [-0.4, -0.2) is 24.0 Å². The molecule has 1 rings (SSSR count). The third kappa shape index (κ3) is 10.0. The zero-order valence-corrected chi connectivity index (χ0v) is 11.3. The molecule has 0 amide bonds. The molecule has 1 aliphatic rings. The Bertz CT molecular complexity index is 81.2. The standard InChI is InChI=1S/C7H15N.C4H10.C2H6/c1-7(2)8-5-3-4-6-8;1-3-4-2;1-2/h7H,3-6H2,1-2H3;3-4H2,1-2H3;1-2H3. The van der Waals surface area contributed by atoms with Gasteiger partial charge in [-0.3, -0.25) is 0 Å². The molecule has 0 atom stereocenters. The average molecular weight is 201 g/mol. The fourth-order valence-corrected chi connectivity index (χ4v) is 1.26. The number of unbranched alkanes of at least 4 members (excludes halogenated alkanes) is 1. The van der Waals surface area contributed by atoms with Gasteiger partial charge in [0.15, 0.2) is 0 Å². The molecule has 88 valence electrons. The lowest BCUT2D eigenvalue weighted by Gasteiger charge is -2.18. The van der Waals surface area contributed by atoms with Crippen LogP contribution in [0.3, 0.4) is 0 Å². The van der Waals surface area contributed by atoms with Crippen LogP contribution in [0.5, 0.6) is 0 Å². The quantitative estimate of drug-likeness (QED) is 0.643. The average Bonchev–Trinajstić information content (AvgIpc) is 2.74. The van der Waals surface area contributed by atoms with Crippen LogP contribution in [0, 0.1) is 0 Å². The van der Waals surface area contributed by atoms with Crippen molar-refractivity contribution in [3.63, 3.8) is 0 Å². The molecule has 0 aliphatic carbocycles. The van der Waals surface area contributed by atoms with Crippen molar-refractivity contribution >= 4 is 0 Å². The van der Waals surface area contributed by atoms with Crippen LogP contribution in [0.1, 0.15) is 67.2 Å². The van der Waals surface area contributed by atoms with Gasteiger partial charge < -0.3 is 4.90 Å². The molecule has 1 heterocycles. The van der Waals surface area contributed by atoms with E-state index in [0.717, 1.165) is 6.04 Å². The van der Waals surface area contributed by atoms with E-state index in [-0.39, 0.29) is 0 Å². The molecule has 0 aromatic carbocycles. The topological polar surface area (TPSA) is 3.24 Å². The summed E-state index contributed by atoms with van der Waals surface area (Å²) in [5.74, 6) is 0. The second-order valence-corrected chi connectivity index (χ2v) is 3.84. The van der Waals surface area contributed by atoms with Crippen molar-refractivity contribution < 1.29 is 0 Å². The highest BCUT2D eigenvalue weighted by Gasteiger charge is 2.13. The molecule has 1 aliphatic heterocycles. The van der Waals surface area contributed by atoms with Crippen molar-refractivity contribution in [2.45, 2.75) is 73.3 Å². The molecule has 0 spiro atoms. The van der Waals surface area contributed by atoms with E-state index in [0.29, 0.717) is 0 Å². The lowest BCUT2D eigenvalue weighted by molar-refractivity contribution is 0.276. The molecule has 0 aromatic heterocycles. The normalized spacial score (nSPS) is 15.6. The summed E-state index contributed by atoms with van der Waals surface area (Å²) in [5, 5.41) is 0. The zero-order valence-electron chi connectivity index (χ0n) is 11.3. The maximum atomic E-state index is 2.53. The van der Waals surface area contributed by atoms with Crippen molar-refractivity contribution in [2.75, 3.05) is 13.1 Å². The fourth-order valence-electron chi connectivity index (χ4n) is 1.26. The first-order chi connectivity index (χ1) is 6.72. The van der Waals surface area contributed by atoms with Crippen molar-refractivity contribution in [3.8, 4) is 0 Å². The van der Waals surface area contributed by atoms with Crippen molar-refractivity contribution in [2.24, 2.45) is 0 Å². The Kier molecular flexibility index (Phi) is 15.2. The number of rotatable bonds is 2. The molecule has 0 unspecified atom stereocenters. The minimum absolute atomic E-state index is 0.775. The SMILES string of the molecule is CC.CC(C)N1CCCC1.CCCC. The van der Waals surface area contributed by atoms with E-state index in [1.54, 1.807) is 0 Å². The summed E-state index contributed by atoms with van der Waals surface area (Å²) in [6, 6.07) is 0.775. The van der Waals surface area contributed by atoms with Gasteiger partial charge in [0.05, 0.1) is 0 Å². The van der Waals surface area contributed by atoms with Gasteiger partial charge in [-0.15, -0.1) is 0 Å². The number of hydrogen-bond acceptors (Lipinski definition) is 1. The van der Waals surface area contributed by atoms with Crippen LogP contribution in [-0.2, 0) is 0 Å². The smallest absolute Gasteiger partial charge is 0.00385 e. The zero-order chi connectivity index (χ0) is 11.4. The molecule has 0 aromatic rings. The van der Waals surface area contributed by atoms with Gasteiger partial charge >= 0.3 is 0 Å². The van der Waals surface area contributed by atoms with Gasteiger partial charge in [0.25, 0.3) is 0 Å². The highest BCUT2D eigenvalue weighted by Crippen LogP contribution is 2.09. The van der Waals surface area contributed by atoms with Crippen LogP contribution in [0.15, 0.2) is 0 Å². The Balaban J connectivity index is 0. The van der Waals surface area contributed by atoms with E-state index in [4.69, 9.17) is 0 Å². The third-order valence-electron chi connectivity index (χ3n) is 2.37. The molecule has 0 saturated carbocycles. The lowest BCUT2D eigenvalue weighted by Crippen LogP contribution is -2.26. The van der Waals surface area contributed by atoms with Crippen molar-refractivity contribution in [1.82, 2.24) is 4.90 Å². The predicted octanol–water partition coefficient (Wildman–Crippen LogP) is 4.32. The summed E-state index contributed by atoms with van der Waals surface area (Å²) >= 11 is 0. The van der Waals surface area contributed by atoms with Crippen molar-refractivity contribution in [1.29, 1.82) is 0 Å². The molecular formula is C13H31N. The van der Waals surface area contributed by atoms with Crippen LogP contribution >= 0.6 is 0 Å². The molecule has 0 N–H and O–H groups in total. The van der Waals surface area contributed by atoms with Gasteiger partial charge in [0.1, 0.15) is 0 Å². The third-order valence-corrected chi connectivity index (χ3v) is 2.37. The predicted molar refractivity (Wildman–Crippen MR) is 67.9 cm³/mol. The van der Waals surface area contributed by atoms with Gasteiger partial charge in [-0.25, -0.2) is 0 Å². The van der Waals surface area contributed by atoms with Gasteiger partial charge in [0, 0.05) is 6.04 Å². The lowest BCUT2D eigenvalue weighted by atomic mass is 10.3. The Hall–Kier alpha value is -0.0400. The van der Waals surface area contributed by atoms with Gasteiger partial charge in [-0.2, -0.15) is 0 Å². The largest absolute Gasteiger partial charge is 0.301 e. The van der Waals surface area contributed by atoms with E-state index in [1.165, 1.54) is 38.8 Å². The molecule has 0 bridgehead atoms. The molecule has 0 radical (unpaired) electrons. The molecular weight excluding hydrogens is 170 g/mol. The van der Waals surface area contributed by atoms with Gasteiger partial charge in [-0.1, -0.05) is 40.5 Å². The second kappa shape index (κ2) is 13.0. The van der Waals surface area contributed by atoms with Crippen LogP contribution in [0.25, 0.3) is 0 Å². The van der Waals surface area contributed by atoms with E-state index in [1.807, 2.05) is 13.8 Å². The number of likely N-dealkylation sites (tertiary alicyclic amines) is 1. The van der Waals surface area contributed by atoms with Gasteiger partial charge in [-0.05, 0) is 39.8 Å². The second-order valence-electron chi connectivity index (χ2n) is 3.84. The summed E-state index contributed by atoms with van der Waals surface area (Å²) in [6.45, 7) is 15.6. The summed E-state index contributed by atoms with van der Waals surface area (Å²) in [6.07, 6.45) is 5.47. The molecule has 1 saturated heterocycles.